The smallest absolute Gasteiger partial charge is 0.313 e. The van der Waals surface area contributed by atoms with Crippen molar-refractivity contribution in [1.82, 2.24) is 9.78 Å². The number of methoxy groups -OCH3 is 1. The van der Waals surface area contributed by atoms with Gasteiger partial charge in [0.2, 0.25) is 0 Å². The summed E-state index contributed by atoms with van der Waals surface area (Å²) in [5, 5.41) is 14.6. The fourth-order valence-corrected chi connectivity index (χ4v) is 1.34. The summed E-state index contributed by atoms with van der Waals surface area (Å²) in [6.45, 7) is 1.53. The number of aryl methyl sites for hydroxylation is 2. The second-order valence-electron chi connectivity index (χ2n) is 3.01. The van der Waals surface area contributed by atoms with E-state index in [9.17, 15) is 14.9 Å². The molecule has 0 saturated carbocycles. The monoisotopic (exact) mass is 213 g/mol. The van der Waals surface area contributed by atoms with Crippen molar-refractivity contribution in [3.8, 4) is 0 Å². The van der Waals surface area contributed by atoms with Gasteiger partial charge in [0.1, 0.15) is 11.4 Å². The van der Waals surface area contributed by atoms with Crippen molar-refractivity contribution in [2.45, 2.75) is 13.3 Å². The van der Waals surface area contributed by atoms with Gasteiger partial charge in [-0.25, -0.2) is 0 Å². The molecule has 7 heteroatoms. The van der Waals surface area contributed by atoms with Crippen LogP contribution in [-0.4, -0.2) is 27.8 Å². The van der Waals surface area contributed by atoms with Gasteiger partial charge in [0, 0.05) is 7.05 Å². The molecule has 0 unspecified atom stereocenters. The maximum atomic E-state index is 11.0. The van der Waals surface area contributed by atoms with E-state index in [0.717, 1.165) is 0 Å². The molecule has 0 N–H and O–H groups in total. The van der Waals surface area contributed by atoms with Crippen LogP contribution in [0.5, 0.6) is 0 Å². The van der Waals surface area contributed by atoms with Crippen LogP contribution in [0, 0.1) is 17.0 Å². The summed E-state index contributed by atoms with van der Waals surface area (Å²) >= 11 is 0. The third-order valence-corrected chi connectivity index (χ3v) is 2.03. The second-order valence-corrected chi connectivity index (χ2v) is 3.01. The number of hydrogen-bond acceptors (Lipinski definition) is 5. The summed E-state index contributed by atoms with van der Waals surface area (Å²) in [6, 6.07) is 0. The molecule has 7 nitrogen and oxygen atoms in total. The lowest BCUT2D eigenvalue weighted by molar-refractivity contribution is -0.386. The number of nitro groups is 1. The lowest BCUT2D eigenvalue weighted by Crippen LogP contribution is -2.10. The standard InChI is InChI=1S/C8H11N3O4/c1-5-8(11(13)14)6(10(2)9-5)4-7(12)15-3/h4H2,1-3H3. The Balaban J connectivity index is 3.15. The molecule has 82 valence electrons. The fraction of sp³-hybridized carbons (Fsp3) is 0.500. The predicted octanol–water partition coefficient (Wildman–Crippen LogP) is 0.352. The van der Waals surface area contributed by atoms with Crippen LogP contribution in [0.15, 0.2) is 0 Å². The maximum absolute atomic E-state index is 11.0. The lowest BCUT2D eigenvalue weighted by atomic mass is 10.2. The lowest BCUT2D eigenvalue weighted by Gasteiger charge is -1.99. The van der Waals surface area contributed by atoms with Crippen molar-refractivity contribution in [3.05, 3.63) is 21.5 Å². The van der Waals surface area contributed by atoms with Gasteiger partial charge in [0.15, 0.2) is 0 Å². The normalized spacial score (nSPS) is 10.1. The van der Waals surface area contributed by atoms with Gasteiger partial charge in [-0.1, -0.05) is 0 Å². The molecule has 1 aromatic rings. The number of rotatable bonds is 3. The average molecular weight is 213 g/mol. The van der Waals surface area contributed by atoms with E-state index in [-0.39, 0.29) is 17.8 Å². The summed E-state index contributed by atoms with van der Waals surface area (Å²) in [7, 11) is 2.79. The number of carbonyl (C=O) groups is 1. The van der Waals surface area contributed by atoms with Crippen LogP contribution >= 0.6 is 0 Å². The minimum atomic E-state index is -0.541. The van der Waals surface area contributed by atoms with Crippen LogP contribution in [0.25, 0.3) is 0 Å². The molecule has 0 spiro atoms. The van der Waals surface area contributed by atoms with Gasteiger partial charge in [0.25, 0.3) is 0 Å². The van der Waals surface area contributed by atoms with E-state index in [1.165, 1.54) is 18.7 Å². The molecule has 0 amide bonds. The highest BCUT2D eigenvalue weighted by atomic mass is 16.6. The van der Waals surface area contributed by atoms with E-state index < -0.39 is 10.9 Å². The first-order chi connectivity index (χ1) is 6.97. The van der Waals surface area contributed by atoms with Crippen LogP contribution in [0.2, 0.25) is 0 Å². The van der Waals surface area contributed by atoms with Gasteiger partial charge >= 0.3 is 11.7 Å². The SMILES string of the molecule is COC(=O)Cc1c([N+](=O)[O-])c(C)nn1C. The topological polar surface area (TPSA) is 87.3 Å². The highest BCUT2D eigenvalue weighted by Crippen LogP contribution is 2.22. The third kappa shape index (κ3) is 2.12. The number of aromatic nitrogens is 2. The largest absolute Gasteiger partial charge is 0.469 e. The molecule has 0 aliphatic rings. The molecule has 0 bridgehead atoms. The average Bonchev–Trinajstić information content (AvgIpc) is 2.41. The zero-order chi connectivity index (χ0) is 11.6. The zero-order valence-corrected chi connectivity index (χ0v) is 8.68. The van der Waals surface area contributed by atoms with E-state index in [2.05, 4.69) is 9.84 Å². The van der Waals surface area contributed by atoms with Crippen molar-refractivity contribution in [2.24, 2.45) is 7.05 Å². The molecule has 1 aromatic heterocycles. The van der Waals surface area contributed by atoms with Crippen LogP contribution in [0.4, 0.5) is 5.69 Å². The van der Waals surface area contributed by atoms with E-state index >= 15 is 0 Å². The summed E-state index contributed by atoms with van der Waals surface area (Å²) in [5.74, 6) is -0.527. The Bertz CT molecular complexity index is 410. The van der Waals surface area contributed by atoms with Crippen molar-refractivity contribution >= 4 is 11.7 Å². The van der Waals surface area contributed by atoms with Crippen molar-refractivity contribution in [1.29, 1.82) is 0 Å². The number of hydrogen-bond donors (Lipinski definition) is 0. The minimum Gasteiger partial charge on any atom is -0.469 e. The summed E-state index contributed by atoms with van der Waals surface area (Å²) in [5.41, 5.74) is 0.425. The van der Waals surface area contributed by atoms with Gasteiger partial charge in [0.05, 0.1) is 18.5 Å². The highest BCUT2D eigenvalue weighted by Gasteiger charge is 2.25. The van der Waals surface area contributed by atoms with Crippen LogP contribution < -0.4 is 0 Å². The molecule has 1 rings (SSSR count). The molecular weight excluding hydrogens is 202 g/mol. The Morgan fingerprint density at radius 2 is 2.27 bits per heavy atom. The first-order valence-corrected chi connectivity index (χ1v) is 4.21. The number of esters is 1. The third-order valence-electron chi connectivity index (χ3n) is 2.03. The molecule has 0 aromatic carbocycles. The Hall–Kier alpha value is -1.92. The van der Waals surface area contributed by atoms with Crippen molar-refractivity contribution in [3.63, 3.8) is 0 Å². The zero-order valence-electron chi connectivity index (χ0n) is 8.68. The quantitative estimate of drug-likeness (QED) is 0.410. The van der Waals surface area contributed by atoms with Crippen LogP contribution in [-0.2, 0) is 23.0 Å². The predicted molar refractivity (Wildman–Crippen MR) is 50.3 cm³/mol. The molecule has 0 aliphatic heterocycles. The van der Waals surface area contributed by atoms with Crippen LogP contribution in [0.1, 0.15) is 11.4 Å². The molecular formula is C8H11N3O4. The molecule has 0 atom stereocenters. The first kappa shape index (κ1) is 11.2. The molecule has 15 heavy (non-hydrogen) atoms. The maximum Gasteiger partial charge on any atom is 0.313 e. The summed E-state index contributed by atoms with van der Waals surface area (Å²) in [4.78, 5) is 21.2. The number of carbonyl (C=O) groups excluding carboxylic acids is 1. The van der Waals surface area contributed by atoms with Crippen molar-refractivity contribution in [2.75, 3.05) is 7.11 Å². The second kappa shape index (κ2) is 4.07. The van der Waals surface area contributed by atoms with Gasteiger partial charge in [-0.3, -0.25) is 19.6 Å². The number of ether oxygens (including phenoxy) is 1. The van der Waals surface area contributed by atoms with Gasteiger partial charge in [-0.05, 0) is 6.92 Å². The Morgan fingerprint density at radius 1 is 1.67 bits per heavy atom. The molecule has 0 fully saturated rings. The van der Waals surface area contributed by atoms with E-state index in [1.807, 2.05) is 0 Å². The first-order valence-electron chi connectivity index (χ1n) is 4.21. The Labute approximate surface area is 85.8 Å². The number of nitrogens with zero attached hydrogens (tertiary/aromatic N) is 3. The molecule has 1 heterocycles. The van der Waals surface area contributed by atoms with Gasteiger partial charge < -0.3 is 4.74 Å². The Kier molecular flexibility index (Phi) is 3.03. The molecule has 0 aliphatic carbocycles. The highest BCUT2D eigenvalue weighted by molar-refractivity contribution is 5.73. The fourth-order valence-electron chi connectivity index (χ4n) is 1.34. The van der Waals surface area contributed by atoms with Crippen molar-refractivity contribution < 1.29 is 14.5 Å². The minimum absolute atomic E-state index is 0.122. The molecule has 0 radical (unpaired) electrons. The summed E-state index contributed by atoms with van der Waals surface area (Å²) in [6.07, 6.45) is -0.149. The summed E-state index contributed by atoms with van der Waals surface area (Å²) < 4.78 is 5.77. The van der Waals surface area contributed by atoms with Gasteiger partial charge in [-0.15, -0.1) is 0 Å². The van der Waals surface area contributed by atoms with E-state index in [4.69, 9.17) is 0 Å². The molecule has 0 saturated heterocycles. The van der Waals surface area contributed by atoms with Crippen LogP contribution in [0.3, 0.4) is 0 Å². The van der Waals surface area contributed by atoms with E-state index in [1.54, 1.807) is 7.05 Å². The Morgan fingerprint density at radius 3 is 2.73 bits per heavy atom. The van der Waals surface area contributed by atoms with Gasteiger partial charge in [-0.2, -0.15) is 5.10 Å². The van der Waals surface area contributed by atoms with E-state index in [0.29, 0.717) is 5.69 Å².